The molecular formula is C25H24ClN3O4S. The van der Waals surface area contributed by atoms with Crippen molar-refractivity contribution in [1.82, 2.24) is 9.55 Å². The Kier molecular flexibility index (Phi) is 6.90. The Labute approximate surface area is 204 Å². The highest BCUT2D eigenvalue weighted by atomic mass is 35.5. The number of fused-ring (bicyclic) bond motifs is 1. The smallest absolute Gasteiger partial charge is 0.271 e. The SMILES string of the molecule is CCOc1ccc(Cn2c(C)nc3ccc(C(=O)N(c4ccc(C)cc4)[SH](=O)=O)cc32)c(Cl)c1. The summed E-state index contributed by atoms with van der Waals surface area (Å²) in [4.78, 5) is 17.8. The van der Waals surface area contributed by atoms with Gasteiger partial charge in [-0.05, 0) is 68.8 Å². The number of aromatic nitrogens is 2. The number of hydrogen-bond acceptors (Lipinski definition) is 5. The molecule has 1 amide bonds. The Morgan fingerprint density at radius 3 is 2.44 bits per heavy atom. The van der Waals surface area contributed by atoms with Gasteiger partial charge in [0.15, 0.2) is 0 Å². The summed E-state index contributed by atoms with van der Waals surface area (Å²) in [5, 5.41) is 0.563. The van der Waals surface area contributed by atoms with Crippen molar-refractivity contribution in [3.05, 3.63) is 88.2 Å². The fourth-order valence-corrected chi connectivity index (χ4v) is 4.57. The van der Waals surface area contributed by atoms with Crippen molar-refractivity contribution in [2.75, 3.05) is 10.9 Å². The number of anilines is 1. The zero-order valence-electron chi connectivity index (χ0n) is 19.0. The summed E-state index contributed by atoms with van der Waals surface area (Å²) in [6, 6.07) is 17.2. The molecule has 9 heteroatoms. The number of hydrogen-bond donors (Lipinski definition) is 1. The van der Waals surface area contributed by atoms with Crippen LogP contribution in [0.5, 0.6) is 5.75 Å². The quantitative estimate of drug-likeness (QED) is 0.366. The van der Waals surface area contributed by atoms with Gasteiger partial charge in [0, 0.05) is 10.6 Å². The summed E-state index contributed by atoms with van der Waals surface area (Å²) in [6.45, 7) is 6.65. The Morgan fingerprint density at radius 1 is 1.06 bits per heavy atom. The molecule has 4 rings (SSSR count). The van der Waals surface area contributed by atoms with Crippen LogP contribution in [0.25, 0.3) is 11.0 Å². The van der Waals surface area contributed by atoms with E-state index in [1.807, 2.05) is 37.5 Å². The van der Waals surface area contributed by atoms with Crippen molar-refractivity contribution in [1.29, 1.82) is 0 Å². The van der Waals surface area contributed by atoms with Crippen LogP contribution >= 0.6 is 11.6 Å². The second-order valence-electron chi connectivity index (χ2n) is 7.83. The van der Waals surface area contributed by atoms with Crippen LogP contribution in [0.2, 0.25) is 5.02 Å². The van der Waals surface area contributed by atoms with E-state index in [0.29, 0.717) is 35.0 Å². The minimum atomic E-state index is -3.18. The van der Waals surface area contributed by atoms with Crippen molar-refractivity contribution < 1.29 is 17.9 Å². The van der Waals surface area contributed by atoms with Crippen molar-refractivity contribution in [2.24, 2.45) is 0 Å². The maximum atomic E-state index is 13.2. The van der Waals surface area contributed by atoms with E-state index in [0.717, 1.165) is 21.3 Å². The number of imidazole rings is 1. The molecule has 1 aromatic heterocycles. The molecular weight excluding hydrogens is 474 g/mol. The number of amides is 1. The van der Waals surface area contributed by atoms with E-state index in [9.17, 15) is 13.2 Å². The van der Waals surface area contributed by atoms with E-state index >= 15 is 0 Å². The molecule has 0 atom stereocenters. The van der Waals surface area contributed by atoms with Gasteiger partial charge in [0.05, 0.1) is 29.9 Å². The number of ether oxygens (including phenoxy) is 1. The van der Waals surface area contributed by atoms with Crippen LogP contribution in [0.4, 0.5) is 5.69 Å². The third kappa shape index (κ3) is 4.78. The Morgan fingerprint density at radius 2 is 1.79 bits per heavy atom. The van der Waals surface area contributed by atoms with Crippen molar-refractivity contribution in [3.8, 4) is 5.75 Å². The summed E-state index contributed by atoms with van der Waals surface area (Å²) < 4.78 is 32.2. The highest BCUT2D eigenvalue weighted by Crippen LogP contribution is 2.27. The highest BCUT2D eigenvalue weighted by Gasteiger charge is 2.22. The Balaban J connectivity index is 1.72. The lowest BCUT2D eigenvalue weighted by Crippen LogP contribution is -2.29. The third-order valence-electron chi connectivity index (χ3n) is 5.48. The minimum absolute atomic E-state index is 0.242. The van der Waals surface area contributed by atoms with E-state index in [1.165, 1.54) is 0 Å². The number of nitrogens with zero attached hydrogens (tertiary/aromatic N) is 3. The molecule has 176 valence electrons. The fraction of sp³-hybridized carbons (Fsp3) is 0.200. The number of carbonyl (C=O) groups is 1. The number of thiol groups is 1. The first kappa shape index (κ1) is 23.8. The van der Waals surface area contributed by atoms with E-state index in [-0.39, 0.29) is 11.3 Å². The molecule has 34 heavy (non-hydrogen) atoms. The Bertz CT molecular complexity index is 1440. The van der Waals surface area contributed by atoms with Gasteiger partial charge in [-0.2, -0.15) is 0 Å². The maximum Gasteiger partial charge on any atom is 0.271 e. The zero-order chi connectivity index (χ0) is 24.4. The first-order chi connectivity index (χ1) is 16.3. The van der Waals surface area contributed by atoms with E-state index < -0.39 is 16.8 Å². The summed E-state index contributed by atoms with van der Waals surface area (Å²) in [5.41, 5.74) is 3.77. The lowest BCUT2D eigenvalue weighted by molar-refractivity contribution is 0.101. The van der Waals surface area contributed by atoms with Crippen molar-refractivity contribution in [3.63, 3.8) is 0 Å². The maximum absolute atomic E-state index is 13.2. The summed E-state index contributed by atoms with van der Waals surface area (Å²) in [5.74, 6) is 0.806. The fourth-order valence-electron chi connectivity index (χ4n) is 3.75. The van der Waals surface area contributed by atoms with E-state index in [4.69, 9.17) is 16.3 Å². The van der Waals surface area contributed by atoms with Gasteiger partial charge in [0.1, 0.15) is 11.6 Å². The van der Waals surface area contributed by atoms with Crippen LogP contribution in [0.15, 0.2) is 60.7 Å². The average molecular weight is 498 g/mol. The molecule has 3 aromatic carbocycles. The molecule has 4 aromatic rings. The van der Waals surface area contributed by atoms with E-state index in [1.54, 1.807) is 48.5 Å². The van der Waals surface area contributed by atoms with Gasteiger partial charge in [-0.1, -0.05) is 35.4 Å². The molecule has 0 bridgehead atoms. The van der Waals surface area contributed by atoms with Gasteiger partial charge in [-0.15, -0.1) is 0 Å². The van der Waals surface area contributed by atoms with Crippen LogP contribution in [0.1, 0.15) is 34.2 Å². The minimum Gasteiger partial charge on any atom is -0.494 e. The van der Waals surface area contributed by atoms with Gasteiger partial charge in [0.25, 0.3) is 5.91 Å². The van der Waals surface area contributed by atoms with Crippen molar-refractivity contribution in [2.45, 2.75) is 27.3 Å². The average Bonchev–Trinajstić information content (AvgIpc) is 3.11. The number of halogens is 1. The molecule has 0 aliphatic rings. The van der Waals surface area contributed by atoms with Gasteiger partial charge < -0.3 is 9.30 Å². The predicted octanol–water partition coefficient (Wildman–Crippen LogP) is 4.93. The highest BCUT2D eigenvalue weighted by molar-refractivity contribution is 7.75. The van der Waals surface area contributed by atoms with Crippen LogP contribution in [0.3, 0.4) is 0 Å². The van der Waals surface area contributed by atoms with E-state index in [2.05, 4.69) is 4.98 Å². The summed E-state index contributed by atoms with van der Waals surface area (Å²) >= 11 is 6.48. The van der Waals surface area contributed by atoms with Gasteiger partial charge >= 0.3 is 0 Å². The number of rotatable bonds is 7. The lowest BCUT2D eigenvalue weighted by Gasteiger charge is -2.16. The molecule has 0 spiro atoms. The zero-order valence-corrected chi connectivity index (χ0v) is 20.6. The predicted molar refractivity (Wildman–Crippen MR) is 134 cm³/mol. The molecule has 0 radical (unpaired) electrons. The van der Waals surface area contributed by atoms with Crippen LogP contribution in [-0.2, 0) is 17.4 Å². The first-order valence-electron chi connectivity index (χ1n) is 10.7. The van der Waals surface area contributed by atoms with Gasteiger partial charge in [0.2, 0.25) is 10.9 Å². The molecule has 1 heterocycles. The van der Waals surface area contributed by atoms with Gasteiger partial charge in [-0.25, -0.2) is 17.7 Å². The second-order valence-corrected chi connectivity index (χ2v) is 9.11. The molecule has 0 fully saturated rings. The molecule has 0 N–H and O–H groups in total. The number of carbonyl (C=O) groups excluding carboxylic acids is 1. The first-order valence-corrected chi connectivity index (χ1v) is 12.2. The standard InChI is InChI=1S/C25H24ClN3O4S/c1-4-33-21-11-7-19(22(26)14-21)15-28-17(3)27-23-12-8-18(13-24(23)28)25(30)29(34(31)32)20-9-5-16(2)6-10-20/h5-14,34H,4,15H2,1-3H3. The third-order valence-corrected chi connectivity index (χ3v) is 6.58. The van der Waals surface area contributed by atoms with Crippen LogP contribution < -0.4 is 9.04 Å². The molecule has 0 saturated heterocycles. The van der Waals surface area contributed by atoms with Gasteiger partial charge in [-0.3, -0.25) is 4.79 Å². The van der Waals surface area contributed by atoms with Crippen LogP contribution in [0, 0.1) is 13.8 Å². The monoisotopic (exact) mass is 497 g/mol. The molecule has 0 unspecified atom stereocenters. The topological polar surface area (TPSA) is 81.5 Å². The Hall–Kier alpha value is -3.36. The largest absolute Gasteiger partial charge is 0.494 e. The summed E-state index contributed by atoms with van der Waals surface area (Å²) in [7, 11) is -3.18. The lowest BCUT2D eigenvalue weighted by atomic mass is 10.1. The number of aryl methyl sites for hydroxylation is 2. The second kappa shape index (κ2) is 9.87. The summed E-state index contributed by atoms with van der Waals surface area (Å²) in [6.07, 6.45) is 0. The molecule has 7 nitrogen and oxygen atoms in total. The normalized spacial score (nSPS) is 11.2. The molecule has 0 saturated carbocycles. The van der Waals surface area contributed by atoms with Crippen molar-refractivity contribution >= 4 is 45.1 Å². The van der Waals surface area contributed by atoms with Crippen LogP contribution in [-0.4, -0.2) is 30.5 Å². The molecule has 0 aliphatic carbocycles. The number of benzene rings is 3. The molecule has 0 aliphatic heterocycles.